The highest BCUT2D eigenvalue weighted by atomic mass is 31.1. The van der Waals surface area contributed by atoms with Crippen LogP contribution >= 0.6 is 8.58 Å². The van der Waals surface area contributed by atoms with Gasteiger partial charge in [0, 0.05) is 0 Å². The third-order valence-electron chi connectivity index (χ3n) is 4.13. The van der Waals surface area contributed by atoms with Crippen LogP contribution in [0.2, 0.25) is 0 Å². The molecule has 0 nitrogen and oxygen atoms in total. The van der Waals surface area contributed by atoms with Crippen LogP contribution in [-0.2, 0) is 0 Å². The van der Waals surface area contributed by atoms with Crippen LogP contribution in [0.4, 0.5) is 0 Å². The van der Waals surface area contributed by atoms with Crippen molar-refractivity contribution in [2.75, 3.05) is 0 Å². The molecule has 0 spiro atoms. The fraction of sp³-hybridized carbons (Fsp3) is 1.00. The Kier molecular flexibility index (Phi) is 5.61. The summed E-state index contributed by atoms with van der Waals surface area (Å²) in [5.41, 5.74) is 1.06. The smallest absolute Gasteiger partial charge is 0.0150 e. The Hall–Kier alpha value is 0.430. The normalized spacial score (nSPS) is 22.4. The lowest BCUT2D eigenvalue weighted by Crippen LogP contribution is -2.27. The lowest BCUT2D eigenvalue weighted by molar-refractivity contribution is 0.414. The van der Waals surface area contributed by atoms with Crippen LogP contribution in [-0.4, -0.2) is 10.8 Å². The van der Waals surface area contributed by atoms with Crippen molar-refractivity contribution in [3.05, 3.63) is 0 Å². The first-order valence-electron chi connectivity index (χ1n) is 6.84. The summed E-state index contributed by atoms with van der Waals surface area (Å²) in [6.45, 7) is 9.77. The van der Waals surface area contributed by atoms with Gasteiger partial charge in [0.05, 0.1) is 0 Å². The van der Waals surface area contributed by atoms with Crippen molar-refractivity contribution < 1.29 is 0 Å². The van der Waals surface area contributed by atoms with Gasteiger partial charge in [0.1, 0.15) is 0 Å². The minimum absolute atomic E-state index is 0.595. The fourth-order valence-corrected chi connectivity index (χ4v) is 4.89. The van der Waals surface area contributed by atoms with Gasteiger partial charge < -0.3 is 0 Å². The zero-order valence-electron chi connectivity index (χ0n) is 11.1. The maximum atomic E-state index is 2.50. The molecule has 0 bridgehead atoms. The lowest BCUT2D eigenvalue weighted by atomic mass is 9.92. The SMILES string of the molecule is CCCC(C)C(C)(C)PC1CCCCC1. The average molecular weight is 228 g/mol. The molecule has 2 atom stereocenters. The van der Waals surface area contributed by atoms with Crippen molar-refractivity contribution in [2.45, 2.75) is 83.5 Å². The Morgan fingerprint density at radius 3 is 2.33 bits per heavy atom. The van der Waals surface area contributed by atoms with E-state index in [1.54, 1.807) is 0 Å². The molecule has 0 radical (unpaired) electrons. The van der Waals surface area contributed by atoms with Crippen LogP contribution in [0, 0.1) is 5.92 Å². The molecule has 1 aliphatic carbocycles. The summed E-state index contributed by atoms with van der Waals surface area (Å²) in [4.78, 5) is 0. The molecule has 1 heteroatoms. The van der Waals surface area contributed by atoms with Crippen LogP contribution in [0.3, 0.4) is 0 Å². The van der Waals surface area contributed by atoms with Gasteiger partial charge in [-0.1, -0.05) is 59.8 Å². The predicted molar refractivity (Wildman–Crippen MR) is 73.3 cm³/mol. The molecule has 15 heavy (non-hydrogen) atoms. The Balaban J connectivity index is 2.39. The minimum Gasteiger partial charge on any atom is -0.113 e. The van der Waals surface area contributed by atoms with Gasteiger partial charge in [0.25, 0.3) is 0 Å². The van der Waals surface area contributed by atoms with Crippen LogP contribution in [0.5, 0.6) is 0 Å². The molecule has 0 aromatic heterocycles. The standard InChI is InChI=1S/C14H29P/c1-5-9-12(2)14(3,4)15-13-10-7-6-8-11-13/h12-13,15H,5-11H2,1-4H3. The molecule has 0 aromatic carbocycles. The monoisotopic (exact) mass is 228 g/mol. The second-order valence-electron chi connectivity index (χ2n) is 5.89. The van der Waals surface area contributed by atoms with Gasteiger partial charge in [-0.3, -0.25) is 0 Å². The third kappa shape index (κ3) is 4.43. The number of rotatable bonds is 5. The maximum Gasteiger partial charge on any atom is -0.0150 e. The first-order valence-corrected chi connectivity index (χ1v) is 7.91. The summed E-state index contributed by atoms with van der Waals surface area (Å²) in [6, 6.07) is 0. The van der Waals surface area contributed by atoms with Crippen LogP contribution in [0.15, 0.2) is 0 Å². The molecule has 0 N–H and O–H groups in total. The van der Waals surface area contributed by atoms with Gasteiger partial charge in [-0.2, -0.15) is 0 Å². The molecule has 1 aliphatic rings. The largest absolute Gasteiger partial charge is 0.113 e. The topological polar surface area (TPSA) is 0 Å². The van der Waals surface area contributed by atoms with Crippen LogP contribution < -0.4 is 0 Å². The Labute approximate surface area is 98.4 Å². The van der Waals surface area contributed by atoms with Gasteiger partial charge in [-0.25, -0.2) is 0 Å². The van der Waals surface area contributed by atoms with Crippen LogP contribution in [0.1, 0.15) is 72.6 Å². The first kappa shape index (κ1) is 13.5. The Morgan fingerprint density at radius 1 is 1.20 bits per heavy atom. The molecular formula is C14H29P. The fourth-order valence-electron chi connectivity index (χ4n) is 2.71. The molecule has 1 saturated carbocycles. The van der Waals surface area contributed by atoms with E-state index in [0.717, 1.165) is 11.6 Å². The van der Waals surface area contributed by atoms with Gasteiger partial charge >= 0.3 is 0 Å². The van der Waals surface area contributed by atoms with Crippen molar-refractivity contribution in [1.82, 2.24) is 0 Å². The van der Waals surface area contributed by atoms with E-state index in [9.17, 15) is 0 Å². The van der Waals surface area contributed by atoms with Gasteiger partial charge in [0.15, 0.2) is 0 Å². The molecule has 0 saturated heterocycles. The summed E-state index contributed by atoms with van der Waals surface area (Å²) >= 11 is 0. The number of hydrogen-bond acceptors (Lipinski definition) is 0. The van der Waals surface area contributed by atoms with E-state index < -0.39 is 0 Å². The zero-order chi connectivity index (χ0) is 11.3. The molecule has 0 amide bonds. The van der Waals surface area contributed by atoms with E-state index in [-0.39, 0.29) is 0 Å². The zero-order valence-corrected chi connectivity index (χ0v) is 12.1. The highest BCUT2D eigenvalue weighted by Gasteiger charge is 2.29. The molecule has 1 fully saturated rings. The van der Waals surface area contributed by atoms with Crippen molar-refractivity contribution >= 4 is 8.58 Å². The second-order valence-corrected chi connectivity index (χ2v) is 8.28. The average Bonchev–Trinajstić information content (AvgIpc) is 2.19. The van der Waals surface area contributed by atoms with Gasteiger partial charge in [-0.05, 0) is 29.6 Å². The Bertz CT molecular complexity index is 168. The van der Waals surface area contributed by atoms with Crippen molar-refractivity contribution in [1.29, 1.82) is 0 Å². The van der Waals surface area contributed by atoms with Crippen LogP contribution in [0.25, 0.3) is 0 Å². The molecule has 0 heterocycles. The maximum absolute atomic E-state index is 2.50. The van der Waals surface area contributed by atoms with E-state index >= 15 is 0 Å². The summed E-state index contributed by atoms with van der Waals surface area (Å²) in [5.74, 6) is 0.905. The van der Waals surface area contributed by atoms with Crippen molar-refractivity contribution in [3.8, 4) is 0 Å². The van der Waals surface area contributed by atoms with E-state index in [1.807, 2.05) is 0 Å². The van der Waals surface area contributed by atoms with E-state index in [1.165, 1.54) is 53.5 Å². The van der Waals surface area contributed by atoms with Gasteiger partial charge in [0.2, 0.25) is 0 Å². The van der Waals surface area contributed by atoms with E-state index in [2.05, 4.69) is 27.7 Å². The summed E-state index contributed by atoms with van der Waals surface area (Å²) in [6.07, 6.45) is 10.3. The second kappa shape index (κ2) is 6.24. The van der Waals surface area contributed by atoms with E-state index in [4.69, 9.17) is 0 Å². The summed E-state index contributed by atoms with van der Waals surface area (Å²) in [7, 11) is 1.20. The molecule has 90 valence electrons. The molecule has 0 aliphatic heterocycles. The van der Waals surface area contributed by atoms with E-state index in [0.29, 0.717) is 5.16 Å². The molecular weight excluding hydrogens is 199 g/mol. The first-order chi connectivity index (χ1) is 7.06. The summed E-state index contributed by atoms with van der Waals surface area (Å²) < 4.78 is 0. The minimum atomic E-state index is 0.595. The molecule has 0 aromatic rings. The lowest BCUT2D eigenvalue weighted by Gasteiger charge is -2.36. The molecule has 2 unspecified atom stereocenters. The highest BCUT2D eigenvalue weighted by Crippen LogP contribution is 2.47. The van der Waals surface area contributed by atoms with Gasteiger partial charge in [-0.15, -0.1) is 8.58 Å². The van der Waals surface area contributed by atoms with Crippen molar-refractivity contribution in [2.24, 2.45) is 5.92 Å². The quantitative estimate of drug-likeness (QED) is 0.566. The Morgan fingerprint density at radius 2 is 1.80 bits per heavy atom. The highest BCUT2D eigenvalue weighted by molar-refractivity contribution is 7.40. The predicted octanol–water partition coefficient (Wildman–Crippen LogP) is 5.21. The summed E-state index contributed by atoms with van der Waals surface area (Å²) in [5, 5.41) is 0.595. The molecule has 1 rings (SSSR count). The number of hydrogen-bond donors (Lipinski definition) is 0. The third-order valence-corrected chi connectivity index (χ3v) is 6.36. The van der Waals surface area contributed by atoms with Crippen molar-refractivity contribution in [3.63, 3.8) is 0 Å².